The fourth-order valence-electron chi connectivity index (χ4n) is 3.65. The van der Waals surface area contributed by atoms with Gasteiger partial charge in [0.05, 0.1) is 23.1 Å². The van der Waals surface area contributed by atoms with Crippen LogP contribution >= 0.6 is 23.6 Å². The van der Waals surface area contributed by atoms with Crippen molar-refractivity contribution in [2.45, 2.75) is 20.8 Å². The summed E-state index contributed by atoms with van der Waals surface area (Å²) in [4.78, 5) is 40.2. The Morgan fingerprint density at radius 1 is 1.15 bits per heavy atom. The molecule has 9 nitrogen and oxygen atoms in total. The van der Waals surface area contributed by atoms with E-state index in [1.807, 2.05) is 49.7 Å². The molecule has 34 heavy (non-hydrogen) atoms. The first-order chi connectivity index (χ1) is 16.2. The normalized spacial score (nSPS) is 10.6. The van der Waals surface area contributed by atoms with Crippen LogP contribution in [0.1, 0.15) is 49.8 Å². The molecule has 0 radical (unpaired) electrons. The summed E-state index contributed by atoms with van der Waals surface area (Å²) < 4.78 is 6.78. The van der Waals surface area contributed by atoms with Gasteiger partial charge in [0.2, 0.25) is 0 Å². The third kappa shape index (κ3) is 4.90. The molecule has 0 aliphatic heterocycles. The van der Waals surface area contributed by atoms with Gasteiger partial charge in [0, 0.05) is 37.2 Å². The van der Waals surface area contributed by atoms with Gasteiger partial charge in [-0.2, -0.15) is 0 Å². The number of rotatable bonds is 6. The van der Waals surface area contributed by atoms with Crippen LogP contribution in [0, 0.1) is 6.92 Å². The minimum atomic E-state index is -0.586. The lowest BCUT2D eigenvalue weighted by Crippen LogP contribution is -2.43. The topological polar surface area (TPSA) is 105 Å². The van der Waals surface area contributed by atoms with E-state index < -0.39 is 5.97 Å². The van der Waals surface area contributed by atoms with Crippen LogP contribution in [0.5, 0.6) is 0 Å². The molecule has 0 spiro atoms. The molecule has 0 saturated carbocycles. The third-order valence-electron chi connectivity index (χ3n) is 5.44. The van der Waals surface area contributed by atoms with E-state index in [0.717, 1.165) is 22.2 Å². The molecule has 2 heterocycles. The number of amides is 2. The van der Waals surface area contributed by atoms with Crippen molar-refractivity contribution in [2.75, 3.05) is 25.5 Å². The summed E-state index contributed by atoms with van der Waals surface area (Å²) in [7, 11) is 3.14. The van der Waals surface area contributed by atoms with E-state index in [1.54, 1.807) is 18.0 Å². The lowest BCUT2D eigenvalue weighted by Gasteiger charge is -2.17. The van der Waals surface area contributed by atoms with E-state index in [2.05, 4.69) is 16.2 Å². The number of thiophene rings is 1. The Hall–Kier alpha value is -3.44. The van der Waals surface area contributed by atoms with Gasteiger partial charge in [0.25, 0.3) is 11.8 Å². The van der Waals surface area contributed by atoms with Crippen molar-refractivity contribution >= 4 is 62.4 Å². The number of hydrogen-bond donors (Lipinski definition) is 3. The van der Waals surface area contributed by atoms with Crippen LogP contribution in [0.15, 0.2) is 30.5 Å². The number of hydrogen-bond acceptors (Lipinski definition) is 6. The van der Waals surface area contributed by atoms with Crippen LogP contribution < -0.4 is 16.2 Å². The van der Waals surface area contributed by atoms with Crippen molar-refractivity contribution in [2.24, 2.45) is 7.05 Å². The molecular weight excluding hydrogens is 474 g/mol. The van der Waals surface area contributed by atoms with Gasteiger partial charge in [-0.25, -0.2) is 4.79 Å². The van der Waals surface area contributed by atoms with Crippen LogP contribution in [0.25, 0.3) is 10.9 Å². The number of nitrogens with zero attached hydrogens (tertiary/aromatic N) is 2. The Labute approximate surface area is 207 Å². The van der Waals surface area contributed by atoms with E-state index in [0.29, 0.717) is 34.1 Å². The van der Waals surface area contributed by atoms with Gasteiger partial charge in [-0.05, 0) is 44.6 Å². The summed E-state index contributed by atoms with van der Waals surface area (Å²) in [5.74, 6) is -1.12. The fourth-order valence-corrected chi connectivity index (χ4v) is 5.03. The number of hydrazine groups is 1. The van der Waals surface area contributed by atoms with Crippen molar-refractivity contribution in [1.29, 1.82) is 0 Å². The molecule has 1 aromatic carbocycles. The molecule has 2 aromatic heterocycles. The number of carbonyl (C=O) groups excluding carboxylic acids is 3. The van der Waals surface area contributed by atoms with Crippen LogP contribution in [-0.4, -0.2) is 52.6 Å². The average Bonchev–Trinajstić information content (AvgIpc) is 3.34. The van der Waals surface area contributed by atoms with Gasteiger partial charge in [-0.15, -0.1) is 11.3 Å². The molecule has 0 bridgehead atoms. The molecule has 0 aliphatic rings. The van der Waals surface area contributed by atoms with Gasteiger partial charge < -0.3 is 19.5 Å². The Balaban J connectivity index is 1.78. The number of aromatic nitrogens is 1. The van der Waals surface area contributed by atoms with Crippen molar-refractivity contribution < 1.29 is 19.1 Å². The number of fused-ring (bicyclic) bond motifs is 1. The zero-order chi connectivity index (χ0) is 25.0. The van der Waals surface area contributed by atoms with Gasteiger partial charge >= 0.3 is 5.97 Å². The van der Waals surface area contributed by atoms with Gasteiger partial charge in [0.1, 0.15) is 5.00 Å². The number of methoxy groups -OCH3 is 1. The highest BCUT2D eigenvalue weighted by Crippen LogP contribution is 2.34. The van der Waals surface area contributed by atoms with Crippen LogP contribution in [0.4, 0.5) is 5.00 Å². The molecule has 0 unspecified atom stereocenters. The van der Waals surface area contributed by atoms with E-state index >= 15 is 0 Å². The van der Waals surface area contributed by atoms with Crippen molar-refractivity contribution in [1.82, 2.24) is 20.3 Å². The number of benzene rings is 1. The van der Waals surface area contributed by atoms with Gasteiger partial charge in [-0.1, -0.05) is 18.2 Å². The summed E-state index contributed by atoms with van der Waals surface area (Å²) >= 11 is 6.43. The summed E-state index contributed by atoms with van der Waals surface area (Å²) in [5, 5.41) is 4.14. The maximum atomic E-state index is 12.9. The maximum absolute atomic E-state index is 12.9. The van der Waals surface area contributed by atoms with E-state index in [1.165, 1.54) is 7.11 Å². The number of nitrogens with one attached hydrogen (secondary N) is 3. The molecule has 3 rings (SSSR count). The lowest BCUT2D eigenvalue weighted by atomic mass is 10.1. The zero-order valence-electron chi connectivity index (χ0n) is 19.6. The smallest absolute Gasteiger partial charge is 0.341 e. The van der Waals surface area contributed by atoms with Gasteiger partial charge in [0.15, 0.2) is 5.11 Å². The average molecular weight is 502 g/mol. The molecule has 0 saturated heterocycles. The molecular formula is C23H27N5O4S2. The summed E-state index contributed by atoms with van der Waals surface area (Å²) in [5.41, 5.74) is 7.39. The minimum absolute atomic E-state index is 0.0572. The molecule has 0 fully saturated rings. The van der Waals surface area contributed by atoms with E-state index in [-0.39, 0.29) is 22.5 Å². The number of esters is 1. The third-order valence-corrected chi connectivity index (χ3v) is 6.84. The molecule has 180 valence electrons. The molecule has 0 atom stereocenters. The lowest BCUT2D eigenvalue weighted by molar-refractivity contribution is 0.0601. The number of para-hydroxylation sites is 1. The van der Waals surface area contributed by atoms with Crippen molar-refractivity contribution in [3.05, 3.63) is 52.0 Å². The van der Waals surface area contributed by atoms with E-state index in [9.17, 15) is 14.4 Å². The SMILES string of the molecule is CCN(CC)C(=O)c1sc(NC(=S)NNC(=O)c2cn(C)c3ccccc23)c(C(=O)OC)c1C. The number of aryl methyl sites for hydroxylation is 1. The van der Waals surface area contributed by atoms with Crippen molar-refractivity contribution in [3.8, 4) is 0 Å². The maximum Gasteiger partial charge on any atom is 0.341 e. The largest absolute Gasteiger partial charge is 0.465 e. The first-order valence-electron chi connectivity index (χ1n) is 10.7. The highest BCUT2D eigenvalue weighted by molar-refractivity contribution is 7.80. The highest BCUT2D eigenvalue weighted by Gasteiger charge is 2.27. The number of thiocarbonyl (C=S) groups is 1. The monoisotopic (exact) mass is 501 g/mol. The molecule has 3 aromatic rings. The predicted molar refractivity (Wildman–Crippen MR) is 137 cm³/mol. The second-order valence-corrected chi connectivity index (χ2v) is 8.86. The first kappa shape index (κ1) is 25.2. The predicted octanol–water partition coefficient (Wildman–Crippen LogP) is 3.45. The summed E-state index contributed by atoms with van der Waals surface area (Å²) in [6.07, 6.45) is 1.74. The quantitative estimate of drug-likeness (QED) is 0.270. The number of carbonyl (C=O) groups is 3. The number of anilines is 1. The van der Waals surface area contributed by atoms with Crippen molar-refractivity contribution in [3.63, 3.8) is 0 Å². The van der Waals surface area contributed by atoms with E-state index in [4.69, 9.17) is 17.0 Å². The zero-order valence-corrected chi connectivity index (χ0v) is 21.3. The Kier molecular flexibility index (Phi) is 7.90. The molecule has 0 aliphatic carbocycles. The second kappa shape index (κ2) is 10.7. The highest BCUT2D eigenvalue weighted by atomic mass is 32.1. The Morgan fingerprint density at radius 3 is 2.47 bits per heavy atom. The molecule has 3 N–H and O–H groups in total. The molecule has 2 amide bonds. The van der Waals surface area contributed by atoms with Crippen LogP contribution in [0.3, 0.4) is 0 Å². The van der Waals surface area contributed by atoms with Crippen LogP contribution in [-0.2, 0) is 11.8 Å². The summed E-state index contributed by atoms with van der Waals surface area (Å²) in [6, 6.07) is 7.56. The molecule has 11 heteroatoms. The Morgan fingerprint density at radius 2 is 1.82 bits per heavy atom. The number of ether oxygens (including phenoxy) is 1. The Bertz CT molecular complexity index is 1260. The first-order valence-corrected chi connectivity index (χ1v) is 11.9. The van der Waals surface area contributed by atoms with Crippen LogP contribution in [0.2, 0.25) is 0 Å². The minimum Gasteiger partial charge on any atom is -0.465 e. The second-order valence-electron chi connectivity index (χ2n) is 7.43. The van der Waals surface area contributed by atoms with Gasteiger partial charge in [-0.3, -0.25) is 20.4 Å². The fraction of sp³-hybridized carbons (Fsp3) is 0.304. The summed E-state index contributed by atoms with van der Waals surface area (Å²) in [6.45, 7) is 6.57. The standard InChI is InChI=1S/C23H27N5O4S2/c1-6-28(7-2)21(30)18-13(3)17(22(31)32-5)20(34-18)24-23(33)26-25-19(29)15-12-27(4)16-11-9-8-10-14(15)16/h8-12H,6-7H2,1-5H3,(H,25,29)(H2,24,26,33).